The third kappa shape index (κ3) is 1.34. The van der Waals surface area contributed by atoms with Crippen LogP contribution in [0.3, 0.4) is 0 Å². The van der Waals surface area contributed by atoms with Crippen molar-refractivity contribution in [3.63, 3.8) is 0 Å². The van der Waals surface area contributed by atoms with Crippen molar-refractivity contribution in [3.8, 4) is 0 Å². The van der Waals surface area contributed by atoms with Gasteiger partial charge in [-0.2, -0.15) is 0 Å². The molecule has 1 fully saturated rings. The highest BCUT2D eigenvalue weighted by atomic mass is 79.9. The lowest BCUT2D eigenvalue weighted by Gasteiger charge is -2.00. The van der Waals surface area contributed by atoms with Crippen molar-refractivity contribution in [2.45, 2.75) is 32.2 Å². The molecule has 66 valence electrons. The normalized spacial score (nSPS) is 16.9. The van der Waals surface area contributed by atoms with Crippen LogP contribution in [-0.2, 0) is 6.54 Å². The second kappa shape index (κ2) is 3.13. The molecule has 1 aromatic heterocycles. The summed E-state index contributed by atoms with van der Waals surface area (Å²) >= 11 is 5.39. The van der Waals surface area contributed by atoms with Crippen LogP contribution in [-0.4, -0.2) is 0 Å². The molecule has 1 saturated carbocycles. The van der Waals surface area contributed by atoms with Crippen LogP contribution in [0.4, 0.5) is 0 Å². The molecule has 0 bridgehead atoms. The molecule has 0 amide bonds. The van der Waals surface area contributed by atoms with Crippen LogP contribution in [0.2, 0.25) is 0 Å². The summed E-state index contributed by atoms with van der Waals surface area (Å²) in [6, 6.07) is 0. The first-order chi connectivity index (χ1) is 5.74. The Bertz CT molecular complexity index is 302. The van der Waals surface area contributed by atoms with E-state index in [1.54, 1.807) is 0 Å². The Hall–Kier alpha value is 0.140. The maximum absolute atomic E-state index is 5.71. The molecule has 0 unspecified atom stereocenters. The monoisotopic (exact) mass is 245 g/mol. The number of halogens is 1. The second-order valence-electron chi connectivity index (χ2n) is 3.30. The van der Waals surface area contributed by atoms with Crippen molar-refractivity contribution >= 4 is 27.3 Å². The molecule has 0 radical (unpaired) electrons. The van der Waals surface area contributed by atoms with Gasteiger partial charge in [0.15, 0.2) is 0 Å². The maximum Gasteiger partial charge on any atom is 0.0749 e. The SMILES string of the molecule is Cc1sc(Br)c(CN)c1C1CC1. The summed E-state index contributed by atoms with van der Waals surface area (Å²) in [6.45, 7) is 2.87. The molecule has 12 heavy (non-hydrogen) atoms. The van der Waals surface area contributed by atoms with Gasteiger partial charge in [0.1, 0.15) is 0 Å². The van der Waals surface area contributed by atoms with Gasteiger partial charge in [-0.05, 0) is 52.7 Å². The van der Waals surface area contributed by atoms with E-state index in [1.807, 2.05) is 11.3 Å². The number of hydrogen-bond donors (Lipinski definition) is 1. The highest BCUT2D eigenvalue weighted by Crippen LogP contribution is 2.47. The summed E-state index contributed by atoms with van der Waals surface area (Å²) in [4.78, 5) is 1.45. The fraction of sp³-hybridized carbons (Fsp3) is 0.556. The number of hydrogen-bond acceptors (Lipinski definition) is 2. The smallest absolute Gasteiger partial charge is 0.0749 e. The van der Waals surface area contributed by atoms with E-state index in [1.165, 1.54) is 32.6 Å². The number of aryl methyl sites for hydroxylation is 1. The van der Waals surface area contributed by atoms with Crippen molar-refractivity contribution in [3.05, 3.63) is 19.8 Å². The van der Waals surface area contributed by atoms with Crippen LogP contribution in [0.25, 0.3) is 0 Å². The topological polar surface area (TPSA) is 26.0 Å². The first kappa shape index (κ1) is 8.73. The molecule has 2 rings (SSSR count). The molecular formula is C9H12BrNS. The molecule has 0 atom stereocenters. The van der Waals surface area contributed by atoms with Gasteiger partial charge in [0.25, 0.3) is 0 Å². The minimum atomic E-state index is 0.677. The standard InChI is InChI=1S/C9H12BrNS/c1-5-8(6-2-3-6)7(4-11)9(10)12-5/h6H,2-4,11H2,1H3. The van der Waals surface area contributed by atoms with Crippen LogP contribution < -0.4 is 5.73 Å². The van der Waals surface area contributed by atoms with E-state index in [-0.39, 0.29) is 0 Å². The van der Waals surface area contributed by atoms with Crippen LogP contribution in [0, 0.1) is 6.92 Å². The minimum Gasteiger partial charge on any atom is -0.326 e. The number of rotatable bonds is 2. The Morgan fingerprint density at radius 2 is 2.25 bits per heavy atom. The third-order valence-electron chi connectivity index (χ3n) is 2.37. The van der Waals surface area contributed by atoms with Gasteiger partial charge in [-0.25, -0.2) is 0 Å². The minimum absolute atomic E-state index is 0.677. The zero-order valence-corrected chi connectivity index (χ0v) is 9.46. The average molecular weight is 246 g/mol. The Morgan fingerprint density at radius 3 is 2.75 bits per heavy atom. The van der Waals surface area contributed by atoms with Gasteiger partial charge in [-0.15, -0.1) is 11.3 Å². The fourth-order valence-corrected chi connectivity index (χ4v) is 3.75. The van der Waals surface area contributed by atoms with E-state index in [9.17, 15) is 0 Å². The molecule has 0 spiro atoms. The average Bonchev–Trinajstić information content (AvgIpc) is 2.78. The molecule has 0 saturated heterocycles. The first-order valence-electron chi connectivity index (χ1n) is 4.21. The summed E-state index contributed by atoms with van der Waals surface area (Å²) in [5, 5.41) is 0. The zero-order chi connectivity index (χ0) is 8.72. The molecule has 0 aliphatic heterocycles. The van der Waals surface area contributed by atoms with Crippen molar-refractivity contribution < 1.29 is 0 Å². The Morgan fingerprint density at radius 1 is 1.58 bits per heavy atom. The maximum atomic E-state index is 5.71. The molecule has 1 aliphatic rings. The Balaban J connectivity index is 2.47. The first-order valence-corrected chi connectivity index (χ1v) is 5.82. The van der Waals surface area contributed by atoms with Crippen molar-refractivity contribution in [2.75, 3.05) is 0 Å². The van der Waals surface area contributed by atoms with Gasteiger partial charge in [0.2, 0.25) is 0 Å². The van der Waals surface area contributed by atoms with Crippen LogP contribution in [0.15, 0.2) is 3.79 Å². The largest absolute Gasteiger partial charge is 0.326 e. The lowest BCUT2D eigenvalue weighted by atomic mass is 10.1. The third-order valence-corrected chi connectivity index (χ3v) is 4.29. The summed E-state index contributed by atoms with van der Waals surface area (Å²) in [6.07, 6.45) is 2.72. The molecule has 1 aliphatic carbocycles. The summed E-state index contributed by atoms with van der Waals surface area (Å²) < 4.78 is 1.24. The van der Waals surface area contributed by atoms with Gasteiger partial charge in [0.05, 0.1) is 3.79 Å². The molecular weight excluding hydrogens is 234 g/mol. The van der Waals surface area contributed by atoms with E-state index in [4.69, 9.17) is 5.73 Å². The molecule has 1 aromatic rings. The molecule has 2 N–H and O–H groups in total. The van der Waals surface area contributed by atoms with E-state index in [0.29, 0.717) is 6.54 Å². The molecule has 1 heterocycles. The second-order valence-corrected chi connectivity index (χ2v) is 5.85. The van der Waals surface area contributed by atoms with Crippen LogP contribution in [0.1, 0.15) is 34.8 Å². The summed E-state index contributed by atoms with van der Waals surface area (Å²) in [5.41, 5.74) is 8.59. The lowest BCUT2D eigenvalue weighted by molar-refractivity contribution is 0.998. The Kier molecular flexibility index (Phi) is 2.27. The highest BCUT2D eigenvalue weighted by Gasteiger charge is 2.29. The molecule has 1 nitrogen and oxygen atoms in total. The van der Waals surface area contributed by atoms with Crippen molar-refractivity contribution in [1.29, 1.82) is 0 Å². The van der Waals surface area contributed by atoms with E-state index in [2.05, 4.69) is 22.9 Å². The summed E-state index contributed by atoms with van der Waals surface area (Å²) in [5.74, 6) is 0.825. The fourth-order valence-electron chi connectivity index (χ4n) is 1.67. The van der Waals surface area contributed by atoms with Crippen molar-refractivity contribution in [2.24, 2.45) is 5.73 Å². The summed E-state index contributed by atoms with van der Waals surface area (Å²) in [7, 11) is 0. The predicted octanol–water partition coefficient (Wildman–Crippen LogP) is 3.16. The van der Waals surface area contributed by atoms with Crippen molar-refractivity contribution in [1.82, 2.24) is 0 Å². The van der Waals surface area contributed by atoms with Gasteiger partial charge >= 0.3 is 0 Å². The van der Waals surface area contributed by atoms with Crippen LogP contribution >= 0.6 is 27.3 Å². The van der Waals surface area contributed by atoms with Gasteiger partial charge < -0.3 is 5.73 Å². The van der Waals surface area contributed by atoms with E-state index >= 15 is 0 Å². The highest BCUT2D eigenvalue weighted by molar-refractivity contribution is 9.11. The van der Waals surface area contributed by atoms with Gasteiger partial charge in [-0.3, -0.25) is 0 Å². The lowest BCUT2D eigenvalue weighted by Crippen LogP contribution is -1.98. The number of nitrogens with two attached hydrogens (primary N) is 1. The Labute approximate surface area is 85.1 Å². The quantitative estimate of drug-likeness (QED) is 0.852. The zero-order valence-electron chi connectivity index (χ0n) is 7.06. The van der Waals surface area contributed by atoms with E-state index in [0.717, 1.165) is 5.92 Å². The van der Waals surface area contributed by atoms with Gasteiger partial charge in [0, 0.05) is 11.4 Å². The molecule has 0 aromatic carbocycles. The molecule has 3 heteroatoms. The predicted molar refractivity (Wildman–Crippen MR) is 56.6 cm³/mol. The van der Waals surface area contributed by atoms with Crippen LogP contribution in [0.5, 0.6) is 0 Å². The van der Waals surface area contributed by atoms with E-state index < -0.39 is 0 Å². The number of thiophene rings is 1. The van der Waals surface area contributed by atoms with Gasteiger partial charge in [-0.1, -0.05) is 0 Å².